The third-order valence-electron chi connectivity index (χ3n) is 3.58. The summed E-state index contributed by atoms with van der Waals surface area (Å²) in [7, 11) is 0. The van der Waals surface area contributed by atoms with Crippen LogP contribution in [0.2, 0.25) is 0 Å². The number of quaternary nitrogens is 1. The quantitative estimate of drug-likeness (QED) is 0.555. The van der Waals surface area contributed by atoms with Crippen molar-refractivity contribution in [2.24, 2.45) is 0 Å². The van der Waals surface area contributed by atoms with E-state index in [1.165, 1.54) is 49.8 Å². The molecule has 0 aromatic rings. The second-order valence-electron chi connectivity index (χ2n) is 4.08. The van der Waals surface area contributed by atoms with Gasteiger partial charge in [0, 0.05) is 25.7 Å². The van der Waals surface area contributed by atoms with E-state index < -0.39 is 0 Å². The molecule has 0 bridgehead atoms. The zero-order valence-corrected chi connectivity index (χ0v) is 7.13. The van der Waals surface area contributed by atoms with Crippen molar-refractivity contribution in [2.45, 2.75) is 31.7 Å². The van der Waals surface area contributed by atoms with Crippen molar-refractivity contribution in [3.8, 4) is 0 Å². The molecular weight excluding hydrogens is 138 g/mol. The Hall–Kier alpha value is -0.0800. The molecule has 2 heterocycles. The number of hydrogen-bond donors (Lipinski definition) is 1. The van der Waals surface area contributed by atoms with Gasteiger partial charge in [-0.3, -0.25) is 0 Å². The summed E-state index contributed by atoms with van der Waals surface area (Å²) in [5.41, 5.74) is 0. The molecule has 11 heavy (non-hydrogen) atoms. The molecule has 2 nitrogen and oxygen atoms in total. The molecule has 1 N–H and O–H groups in total. The van der Waals surface area contributed by atoms with Gasteiger partial charge in [-0.1, -0.05) is 0 Å². The molecule has 2 saturated heterocycles. The van der Waals surface area contributed by atoms with E-state index in [0.717, 1.165) is 0 Å². The molecule has 0 unspecified atom stereocenters. The fourth-order valence-corrected chi connectivity index (χ4v) is 2.92. The molecule has 1 spiro atoms. The zero-order chi connectivity index (χ0) is 7.73. The number of nitrogens with zero attached hydrogens (tertiary/aromatic N) is 1. The first kappa shape index (κ1) is 7.56. The van der Waals surface area contributed by atoms with Gasteiger partial charge in [-0.25, -0.2) is 0 Å². The second-order valence-corrected chi connectivity index (χ2v) is 4.08. The van der Waals surface area contributed by atoms with Gasteiger partial charge in [0.15, 0.2) is 0 Å². The van der Waals surface area contributed by atoms with Crippen molar-refractivity contribution in [3.05, 3.63) is 0 Å². The van der Waals surface area contributed by atoms with Gasteiger partial charge in [0.05, 0.1) is 26.2 Å². The fourth-order valence-electron chi connectivity index (χ4n) is 2.92. The van der Waals surface area contributed by atoms with Crippen LogP contribution < -0.4 is 0 Å². The summed E-state index contributed by atoms with van der Waals surface area (Å²) in [6.45, 7) is 4.43. The molecule has 2 fully saturated rings. The lowest BCUT2D eigenvalue weighted by atomic mass is 10.2. The predicted octanol–water partition coefficient (Wildman–Crippen LogP) is 0.752. The maximum atomic E-state index is 9.18. The van der Waals surface area contributed by atoms with Gasteiger partial charge in [-0.15, -0.1) is 0 Å². The Bertz CT molecular complexity index is 135. The molecule has 0 aliphatic carbocycles. The van der Waals surface area contributed by atoms with Crippen LogP contribution in [-0.2, 0) is 0 Å². The molecular formula is C9H18NO+. The highest BCUT2D eigenvalue weighted by atomic mass is 16.3. The van der Waals surface area contributed by atoms with E-state index in [-0.39, 0.29) is 0 Å². The van der Waals surface area contributed by atoms with E-state index in [1.54, 1.807) is 0 Å². The van der Waals surface area contributed by atoms with Gasteiger partial charge in [0.2, 0.25) is 0 Å². The summed E-state index contributed by atoms with van der Waals surface area (Å²) in [5, 5.41) is 9.18. The predicted molar refractivity (Wildman–Crippen MR) is 44.2 cm³/mol. The first-order valence-electron chi connectivity index (χ1n) is 4.84. The monoisotopic (exact) mass is 156 g/mol. The molecule has 0 amide bonds. The molecule has 0 radical (unpaired) electrons. The Kier molecular flexibility index (Phi) is 1.90. The highest BCUT2D eigenvalue weighted by Gasteiger charge is 2.43. The first-order chi connectivity index (χ1) is 5.37. The lowest BCUT2D eigenvalue weighted by Crippen LogP contribution is -2.50. The van der Waals surface area contributed by atoms with Crippen LogP contribution in [0.4, 0.5) is 0 Å². The SMILES string of the molecule is OC[C@@H]1CCC[N+]12CCCC2. The van der Waals surface area contributed by atoms with E-state index >= 15 is 0 Å². The number of aliphatic hydroxyl groups excluding tert-OH is 1. The Morgan fingerprint density at radius 3 is 2.36 bits per heavy atom. The second kappa shape index (κ2) is 2.76. The van der Waals surface area contributed by atoms with Crippen LogP contribution in [0.5, 0.6) is 0 Å². The minimum atomic E-state index is 0.417. The van der Waals surface area contributed by atoms with Crippen LogP contribution in [0, 0.1) is 0 Å². The fraction of sp³-hybridized carbons (Fsp3) is 1.00. The van der Waals surface area contributed by atoms with Gasteiger partial charge < -0.3 is 9.59 Å². The topological polar surface area (TPSA) is 20.2 Å². The van der Waals surface area contributed by atoms with E-state index in [2.05, 4.69) is 0 Å². The third-order valence-corrected chi connectivity index (χ3v) is 3.58. The molecule has 2 rings (SSSR count). The van der Waals surface area contributed by atoms with Crippen molar-refractivity contribution in [3.63, 3.8) is 0 Å². The molecule has 2 aliphatic rings. The van der Waals surface area contributed by atoms with Gasteiger partial charge in [0.1, 0.15) is 6.04 Å². The van der Waals surface area contributed by atoms with E-state index in [1.807, 2.05) is 0 Å². The maximum absolute atomic E-state index is 9.18. The highest BCUT2D eigenvalue weighted by molar-refractivity contribution is 4.70. The zero-order valence-electron chi connectivity index (χ0n) is 7.13. The van der Waals surface area contributed by atoms with Crippen molar-refractivity contribution < 1.29 is 9.59 Å². The Balaban J connectivity index is 2.09. The molecule has 2 heteroatoms. The smallest absolute Gasteiger partial charge is 0.113 e. The molecule has 64 valence electrons. The van der Waals surface area contributed by atoms with Gasteiger partial charge in [-0.05, 0) is 0 Å². The van der Waals surface area contributed by atoms with Crippen LogP contribution >= 0.6 is 0 Å². The van der Waals surface area contributed by atoms with Crippen molar-refractivity contribution >= 4 is 0 Å². The van der Waals surface area contributed by atoms with Crippen molar-refractivity contribution in [1.82, 2.24) is 0 Å². The van der Waals surface area contributed by atoms with Crippen molar-refractivity contribution in [2.75, 3.05) is 26.2 Å². The standard InChI is InChI=1S/C9H18NO/c11-8-9-4-3-7-10(9)5-1-2-6-10/h9,11H,1-8H2/q+1/t9-/m0/s1. The van der Waals surface area contributed by atoms with E-state index in [4.69, 9.17) is 0 Å². The largest absolute Gasteiger partial charge is 0.390 e. The van der Waals surface area contributed by atoms with E-state index in [9.17, 15) is 5.11 Å². The number of aliphatic hydroxyl groups is 1. The minimum absolute atomic E-state index is 0.417. The molecule has 0 aromatic heterocycles. The van der Waals surface area contributed by atoms with Crippen LogP contribution in [0.15, 0.2) is 0 Å². The average molecular weight is 156 g/mol. The third kappa shape index (κ3) is 1.09. The first-order valence-corrected chi connectivity index (χ1v) is 4.84. The molecule has 1 atom stereocenters. The van der Waals surface area contributed by atoms with E-state index in [0.29, 0.717) is 12.6 Å². The summed E-state index contributed by atoms with van der Waals surface area (Å²) in [6.07, 6.45) is 5.37. The van der Waals surface area contributed by atoms with Gasteiger partial charge in [0.25, 0.3) is 0 Å². The lowest BCUT2D eigenvalue weighted by molar-refractivity contribution is -0.928. The molecule has 0 saturated carbocycles. The summed E-state index contributed by atoms with van der Waals surface area (Å²) < 4.78 is 1.26. The van der Waals surface area contributed by atoms with Gasteiger partial charge in [-0.2, -0.15) is 0 Å². The summed E-state index contributed by atoms with van der Waals surface area (Å²) in [5.74, 6) is 0. The molecule has 2 aliphatic heterocycles. The summed E-state index contributed by atoms with van der Waals surface area (Å²) >= 11 is 0. The number of hydrogen-bond acceptors (Lipinski definition) is 1. The van der Waals surface area contributed by atoms with Crippen LogP contribution in [0.1, 0.15) is 25.7 Å². The summed E-state index contributed by atoms with van der Waals surface area (Å²) in [6, 6.07) is 0.595. The maximum Gasteiger partial charge on any atom is 0.113 e. The highest BCUT2D eigenvalue weighted by Crippen LogP contribution is 2.31. The van der Waals surface area contributed by atoms with Gasteiger partial charge >= 0.3 is 0 Å². The summed E-state index contributed by atoms with van der Waals surface area (Å²) in [4.78, 5) is 0. The lowest BCUT2D eigenvalue weighted by Gasteiger charge is -2.34. The molecule has 0 aromatic carbocycles. The Morgan fingerprint density at radius 2 is 1.73 bits per heavy atom. The van der Waals surface area contributed by atoms with Crippen LogP contribution in [0.3, 0.4) is 0 Å². The Labute approximate surface area is 68.4 Å². The number of rotatable bonds is 1. The van der Waals surface area contributed by atoms with Crippen LogP contribution in [0.25, 0.3) is 0 Å². The normalized spacial score (nSPS) is 35.2. The van der Waals surface area contributed by atoms with Crippen LogP contribution in [-0.4, -0.2) is 41.9 Å². The average Bonchev–Trinajstić information content (AvgIpc) is 2.62. The van der Waals surface area contributed by atoms with Crippen molar-refractivity contribution in [1.29, 1.82) is 0 Å². The minimum Gasteiger partial charge on any atom is -0.390 e. The Morgan fingerprint density at radius 1 is 1.09 bits per heavy atom.